The van der Waals surface area contributed by atoms with E-state index in [2.05, 4.69) is 31.9 Å². The number of aromatic nitrogens is 2. The maximum Gasteiger partial charge on any atom is 0.347 e. The van der Waals surface area contributed by atoms with Gasteiger partial charge in [-0.3, -0.25) is 4.79 Å². The van der Waals surface area contributed by atoms with Crippen LogP contribution in [0.1, 0.15) is 10.4 Å². The molecule has 0 aliphatic heterocycles. The molecule has 0 radical (unpaired) electrons. The lowest BCUT2D eigenvalue weighted by Gasteiger charge is -2.05. The molecular formula is C25H17Br2N2O4+. The Hall–Kier alpha value is -3.23. The predicted octanol–water partition coefficient (Wildman–Crippen LogP) is 5.42. The van der Waals surface area contributed by atoms with Gasteiger partial charge in [0.15, 0.2) is 12.2 Å². The molecule has 164 valence electrons. The fourth-order valence-corrected chi connectivity index (χ4v) is 4.43. The van der Waals surface area contributed by atoms with Crippen LogP contribution in [0, 0.1) is 0 Å². The van der Waals surface area contributed by atoms with Crippen LogP contribution < -0.4 is 14.8 Å². The highest BCUT2D eigenvalue weighted by atomic mass is 79.9. The summed E-state index contributed by atoms with van der Waals surface area (Å²) in [5.74, 6) is 0.276. The molecule has 0 saturated heterocycles. The molecule has 0 N–H and O–H groups in total. The van der Waals surface area contributed by atoms with Crippen molar-refractivity contribution >= 4 is 54.3 Å². The molecule has 0 spiro atoms. The van der Waals surface area contributed by atoms with Crippen LogP contribution in [0.25, 0.3) is 27.9 Å². The monoisotopic (exact) mass is 567 g/mol. The van der Waals surface area contributed by atoms with Crippen LogP contribution in [0.2, 0.25) is 0 Å². The summed E-state index contributed by atoms with van der Waals surface area (Å²) in [7, 11) is 1.56. The molecule has 0 amide bonds. The molecule has 0 fully saturated rings. The maximum absolute atomic E-state index is 13.3. The second kappa shape index (κ2) is 8.61. The van der Waals surface area contributed by atoms with E-state index in [9.17, 15) is 9.59 Å². The minimum atomic E-state index is -0.658. The second-order valence-electron chi connectivity index (χ2n) is 7.49. The number of rotatable bonds is 5. The summed E-state index contributed by atoms with van der Waals surface area (Å²) < 4.78 is 16.4. The first-order valence-corrected chi connectivity index (χ1v) is 11.6. The van der Waals surface area contributed by atoms with Crippen LogP contribution in [-0.4, -0.2) is 17.5 Å². The fraction of sp³-hybridized carbons (Fsp3) is 0.0800. The van der Waals surface area contributed by atoms with Crippen LogP contribution in [0.5, 0.6) is 5.75 Å². The molecule has 3 heterocycles. The quantitative estimate of drug-likeness (QED) is 0.161. The maximum atomic E-state index is 13.3. The average Bonchev–Trinajstić information content (AvgIpc) is 3.15. The molecule has 0 bridgehead atoms. The minimum Gasteiger partial charge on any atom is -0.497 e. The van der Waals surface area contributed by atoms with Crippen molar-refractivity contribution < 1.29 is 18.3 Å². The van der Waals surface area contributed by atoms with Crippen molar-refractivity contribution in [1.29, 1.82) is 0 Å². The zero-order chi connectivity index (χ0) is 23.1. The molecule has 5 rings (SSSR count). The van der Waals surface area contributed by atoms with Crippen molar-refractivity contribution in [3.63, 3.8) is 0 Å². The Morgan fingerprint density at radius 2 is 1.76 bits per heavy atom. The van der Waals surface area contributed by atoms with Gasteiger partial charge in [0.2, 0.25) is 5.78 Å². The van der Waals surface area contributed by atoms with Gasteiger partial charge in [0.1, 0.15) is 29.3 Å². The van der Waals surface area contributed by atoms with Gasteiger partial charge in [0, 0.05) is 21.5 Å². The first-order chi connectivity index (χ1) is 15.9. The zero-order valence-corrected chi connectivity index (χ0v) is 20.6. The predicted molar refractivity (Wildman–Crippen MR) is 132 cm³/mol. The minimum absolute atomic E-state index is 0.00136. The van der Waals surface area contributed by atoms with Gasteiger partial charge < -0.3 is 9.15 Å². The molecule has 33 heavy (non-hydrogen) atoms. The molecule has 8 heteroatoms. The molecule has 0 saturated carbocycles. The number of benzene rings is 2. The number of imidazole rings is 1. The van der Waals surface area contributed by atoms with Crippen molar-refractivity contribution in [1.82, 2.24) is 4.57 Å². The van der Waals surface area contributed by atoms with Crippen LogP contribution >= 0.6 is 31.9 Å². The summed E-state index contributed by atoms with van der Waals surface area (Å²) in [6, 6.07) is 18.4. The third-order valence-corrected chi connectivity index (χ3v) is 6.43. The molecule has 0 aliphatic rings. The van der Waals surface area contributed by atoms with Gasteiger partial charge in [0.25, 0.3) is 5.65 Å². The van der Waals surface area contributed by atoms with Crippen molar-refractivity contribution in [2.24, 2.45) is 0 Å². The van der Waals surface area contributed by atoms with Crippen molar-refractivity contribution in [3.05, 3.63) is 98.0 Å². The van der Waals surface area contributed by atoms with E-state index in [0.29, 0.717) is 16.7 Å². The van der Waals surface area contributed by atoms with E-state index in [0.717, 1.165) is 25.8 Å². The summed E-state index contributed by atoms with van der Waals surface area (Å²) in [5, 5.41) is 0.626. The number of methoxy groups -OCH3 is 1. The number of pyridine rings is 1. The highest BCUT2D eigenvalue weighted by Gasteiger charge is 2.24. The number of ketones is 1. The Balaban J connectivity index is 1.62. The van der Waals surface area contributed by atoms with Crippen molar-refractivity contribution in [3.8, 4) is 17.0 Å². The summed E-state index contributed by atoms with van der Waals surface area (Å²) in [6.07, 6.45) is 3.89. The van der Waals surface area contributed by atoms with Gasteiger partial charge in [-0.25, -0.2) is 13.8 Å². The number of Topliss-reactive ketones (excluding diaryl/α,β-unsaturated/α-hetero) is 1. The first-order valence-electron chi connectivity index (χ1n) is 10.0. The molecular weight excluding hydrogens is 552 g/mol. The van der Waals surface area contributed by atoms with E-state index in [1.165, 1.54) is 0 Å². The van der Waals surface area contributed by atoms with Crippen LogP contribution in [0.3, 0.4) is 0 Å². The van der Waals surface area contributed by atoms with Crippen LogP contribution in [0.4, 0.5) is 0 Å². The Labute approximate surface area is 205 Å². The molecule has 3 aromatic heterocycles. The van der Waals surface area contributed by atoms with Crippen molar-refractivity contribution in [2.45, 2.75) is 6.54 Å². The van der Waals surface area contributed by atoms with E-state index >= 15 is 0 Å². The van der Waals surface area contributed by atoms with E-state index in [1.54, 1.807) is 31.4 Å². The number of halogens is 2. The summed E-state index contributed by atoms with van der Waals surface area (Å²) in [5.41, 5.74) is 2.36. The highest BCUT2D eigenvalue weighted by molar-refractivity contribution is 9.10. The molecule has 5 aromatic rings. The number of fused-ring (bicyclic) bond motifs is 2. The van der Waals surface area contributed by atoms with Gasteiger partial charge in [0.05, 0.1) is 11.6 Å². The largest absolute Gasteiger partial charge is 0.497 e. The molecule has 2 aromatic carbocycles. The molecule has 0 aliphatic carbocycles. The van der Waals surface area contributed by atoms with E-state index in [1.807, 2.05) is 57.8 Å². The van der Waals surface area contributed by atoms with E-state index < -0.39 is 5.63 Å². The Bertz CT molecular complexity index is 1590. The van der Waals surface area contributed by atoms with E-state index in [4.69, 9.17) is 9.15 Å². The van der Waals surface area contributed by atoms with Gasteiger partial charge in [-0.2, -0.15) is 0 Å². The van der Waals surface area contributed by atoms with Crippen LogP contribution in [-0.2, 0) is 6.54 Å². The number of carbonyl (C=O) groups excluding carboxylic acids is 1. The second-order valence-corrected chi connectivity index (χ2v) is 9.33. The lowest BCUT2D eigenvalue weighted by atomic mass is 10.1. The van der Waals surface area contributed by atoms with Crippen molar-refractivity contribution in [2.75, 3.05) is 7.11 Å². The third-order valence-electron chi connectivity index (χ3n) is 5.43. The third kappa shape index (κ3) is 4.12. The SMILES string of the molecule is COc1ccc2oc(=O)c(C(=O)Cn3c(-c4ccc(Br)cc4)c[n+]4cc(Br)ccc34)cc2c1. The molecule has 0 unspecified atom stereocenters. The number of carbonyl (C=O) groups is 1. The highest BCUT2D eigenvalue weighted by Crippen LogP contribution is 2.25. The van der Waals surface area contributed by atoms with Gasteiger partial charge >= 0.3 is 5.63 Å². The average molecular weight is 569 g/mol. The number of ether oxygens (including phenoxy) is 1. The summed E-state index contributed by atoms with van der Waals surface area (Å²) in [4.78, 5) is 26.0. The van der Waals surface area contributed by atoms with Crippen LogP contribution in [0.15, 0.2) is 91.2 Å². The smallest absolute Gasteiger partial charge is 0.347 e. The number of nitrogens with zero attached hydrogens (tertiary/aromatic N) is 2. The number of hydrogen-bond donors (Lipinski definition) is 0. The topological polar surface area (TPSA) is 65.5 Å². The lowest BCUT2D eigenvalue weighted by Crippen LogP contribution is -2.22. The first kappa shape index (κ1) is 21.6. The Morgan fingerprint density at radius 3 is 2.52 bits per heavy atom. The number of hydrogen-bond acceptors (Lipinski definition) is 4. The zero-order valence-electron chi connectivity index (χ0n) is 17.4. The van der Waals surface area contributed by atoms with Gasteiger partial charge in [-0.05, 0) is 70.5 Å². The molecule has 0 atom stereocenters. The standard InChI is InChI=1S/C25H17Br2N2O4/c1-32-19-7-8-23-16(10-19)11-20(25(31)33-23)22(30)14-29-21(15-2-4-17(26)5-3-15)13-28-12-18(27)6-9-24(28)29/h2-13H,14H2,1H3/q+1. The Kier molecular flexibility index (Phi) is 5.64. The summed E-state index contributed by atoms with van der Waals surface area (Å²) >= 11 is 6.96. The lowest BCUT2D eigenvalue weighted by molar-refractivity contribution is -0.511. The Morgan fingerprint density at radius 1 is 1.00 bits per heavy atom. The normalized spacial score (nSPS) is 11.2. The van der Waals surface area contributed by atoms with E-state index in [-0.39, 0.29) is 17.9 Å². The summed E-state index contributed by atoms with van der Waals surface area (Å²) in [6.45, 7) is -0.0240. The van der Waals surface area contributed by atoms with Gasteiger partial charge in [-0.15, -0.1) is 0 Å². The molecule has 6 nitrogen and oxygen atoms in total. The van der Waals surface area contributed by atoms with Gasteiger partial charge in [-0.1, -0.05) is 15.9 Å². The fourth-order valence-electron chi connectivity index (χ4n) is 3.81.